The Morgan fingerprint density at radius 2 is 1.63 bits per heavy atom. The van der Waals surface area contributed by atoms with Crippen LogP contribution in [0.5, 0.6) is 0 Å². The molecule has 0 amide bonds. The van der Waals surface area contributed by atoms with Crippen LogP contribution in [0.1, 0.15) is 65.2 Å². The van der Waals surface area contributed by atoms with Gasteiger partial charge in [0.1, 0.15) is 6.04 Å². The van der Waals surface area contributed by atoms with E-state index in [0.29, 0.717) is 36.9 Å². The zero-order valence-electron chi connectivity index (χ0n) is 17.0. The maximum Gasteiger partial charge on any atom is 0.323 e. The van der Waals surface area contributed by atoms with Gasteiger partial charge in [-0.3, -0.25) is 9.59 Å². The molecular weight excluding hydrogens is 346 g/mol. The van der Waals surface area contributed by atoms with Crippen molar-refractivity contribution in [1.29, 1.82) is 0 Å². The Balaban J connectivity index is 1.82. The van der Waals surface area contributed by atoms with Crippen molar-refractivity contribution in [3.05, 3.63) is 0 Å². The van der Waals surface area contributed by atoms with Crippen LogP contribution in [0.25, 0.3) is 0 Å². The van der Waals surface area contributed by atoms with E-state index in [4.69, 9.17) is 9.47 Å². The van der Waals surface area contributed by atoms with Crippen molar-refractivity contribution in [2.45, 2.75) is 71.3 Å². The summed E-state index contributed by atoms with van der Waals surface area (Å²) in [5, 5.41) is 12.7. The minimum atomic E-state index is -0.635. The first-order valence-corrected chi connectivity index (χ1v) is 10.7. The number of fused-ring (bicyclic) bond motifs is 2. The summed E-state index contributed by atoms with van der Waals surface area (Å²) in [6, 6.07) is -0.635. The van der Waals surface area contributed by atoms with Gasteiger partial charge < -0.3 is 19.9 Å². The van der Waals surface area contributed by atoms with Crippen LogP contribution in [0.15, 0.2) is 0 Å². The summed E-state index contributed by atoms with van der Waals surface area (Å²) in [6.45, 7) is 5.89. The van der Waals surface area contributed by atoms with Gasteiger partial charge in [0, 0.05) is 6.61 Å². The third kappa shape index (κ3) is 6.75. The largest absolute Gasteiger partial charge is 0.466 e. The van der Waals surface area contributed by atoms with Crippen LogP contribution < -0.4 is 5.32 Å². The van der Waals surface area contributed by atoms with Gasteiger partial charge in [0.2, 0.25) is 0 Å². The minimum Gasteiger partial charge on any atom is -0.466 e. The number of ether oxygens (including phenoxy) is 2. The normalized spacial score (nSPS) is 27.5. The molecule has 2 bridgehead atoms. The Kier molecular flexibility index (Phi) is 9.56. The molecule has 0 spiro atoms. The lowest BCUT2D eigenvalue weighted by Crippen LogP contribution is -2.43. The summed E-state index contributed by atoms with van der Waals surface area (Å²) in [5.74, 6) is 1.50. The van der Waals surface area contributed by atoms with Crippen molar-refractivity contribution in [3.8, 4) is 0 Å². The van der Waals surface area contributed by atoms with Crippen molar-refractivity contribution in [2.75, 3.05) is 26.4 Å². The van der Waals surface area contributed by atoms with E-state index in [9.17, 15) is 14.7 Å². The minimum absolute atomic E-state index is 0.0226. The number of aliphatic hydroxyl groups excluding tert-OH is 1. The second-order valence-electron chi connectivity index (χ2n) is 8.19. The number of esters is 2. The number of carbonyl (C=O) groups excluding carboxylic acids is 2. The molecular formula is C21H37NO5. The van der Waals surface area contributed by atoms with E-state index < -0.39 is 6.04 Å². The SMILES string of the molecule is CCCCOC(=O)CC(NCC1CC2CC1CC2CO)C(=O)OCCCC. The molecule has 2 aliphatic rings. The van der Waals surface area contributed by atoms with E-state index in [1.807, 2.05) is 13.8 Å². The number of nitrogens with one attached hydrogen (secondary N) is 1. The average molecular weight is 384 g/mol. The molecule has 6 heteroatoms. The standard InChI is InChI=1S/C21H37NO5/c1-3-5-7-26-20(24)12-19(21(25)27-8-6-4-2)22-13-17-10-16-9-15(17)11-18(16)14-23/h15-19,22-23H,3-14H2,1-2H3. The second kappa shape index (κ2) is 11.6. The molecule has 5 atom stereocenters. The maximum atomic E-state index is 12.4. The molecule has 6 nitrogen and oxygen atoms in total. The molecule has 27 heavy (non-hydrogen) atoms. The first-order valence-electron chi connectivity index (χ1n) is 10.7. The Morgan fingerprint density at radius 3 is 2.22 bits per heavy atom. The van der Waals surface area contributed by atoms with E-state index in [-0.39, 0.29) is 25.0 Å². The zero-order chi connectivity index (χ0) is 19.6. The smallest absolute Gasteiger partial charge is 0.323 e. The number of rotatable bonds is 13. The molecule has 156 valence electrons. The van der Waals surface area contributed by atoms with Gasteiger partial charge in [-0.05, 0) is 62.3 Å². The van der Waals surface area contributed by atoms with E-state index in [2.05, 4.69) is 5.32 Å². The molecule has 2 fully saturated rings. The van der Waals surface area contributed by atoms with Gasteiger partial charge in [-0.2, -0.15) is 0 Å². The Hall–Kier alpha value is -1.14. The summed E-state index contributed by atoms with van der Waals surface area (Å²) in [5.41, 5.74) is 0. The predicted molar refractivity (Wildman–Crippen MR) is 103 cm³/mol. The van der Waals surface area contributed by atoms with Gasteiger partial charge in [0.05, 0.1) is 19.6 Å². The maximum absolute atomic E-state index is 12.4. The van der Waals surface area contributed by atoms with Crippen molar-refractivity contribution < 1.29 is 24.2 Å². The summed E-state index contributed by atoms with van der Waals surface area (Å²) in [4.78, 5) is 24.5. The van der Waals surface area contributed by atoms with Crippen LogP contribution in [-0.2, 0) is 19.1 Å². The van der Waals surface area contributed by atoms with E-state index >= 15 is 0 Å². The summed E-state index contributed by atoms with van der Waals surface area (Å²) < 4.78 is 10.6. The first-order chi connectivity index (χ1) is 13.1. The molecule has 2 N–H and O–H groups in total. The van der Waals surface area contributed by atoms with Gasteiger partial charge in [-0.1, -0.05) is 26.7 Å². The molecule has 5 unspecified atom stereocenters. The number of hydrogen-bond acceptors (Lipinski definition) is 6. The molecule has 0 heterocycles. The highest BCUT2D eigenvalue weighted by Crippen LogP contribution is 2.51. The predicted octanol–water partition coefficient (Wildman–Crippen LogP) is 2.68. The molecule has 0 radical (unpaired) electrons. The highest BCUT2D eigenvalue weighted by Gasteiger charge is 2.45. The fourth-order valence-corrected chi connectivity index (χ4v) is 4.49. The van der Waals surface area contributed by atoms with Crippen molar-refractivity contribution in [3.63, 3.8) is 0 Å². The summed E-state index contributed by atoms with van der Waals surface area (Å²) in [6.07, 6.45) is 6.97. The highest BCUT2D eigenvalue weighted by atomic mass is 16.5. The molecule has 0 aromatic rings. The lowest BCUT2D eigenvalue weighted by atomic mass is 9.82. The monoisotopic (exact) mass is 383 g/mol. The third-order valence-corrected chi connectivity index (χ3v) is 6.17. The molecule has 0 aromatic heterocycles. The van der Waals surface area contributed by atoms with Crippen LogP contribution in [0.2, 0.25) is 0 Å². The van der Waals surface area contributed by atoms with Gasteiger partial charge in [-0.25, -0.2) is 0 Å². The lowest BCUT2D eigenvalue weighted by Gasteiger charge is -2.28. The fourth-order valence-electron chi connectivity index (χ4n) is 4.49. The van der Waals surface area contributed by atoms with Gasteiger partial charge in [0.25, 0.3) is 0 Å². The average Bonchev–Trinajstić information content (AvgIpc) is 3.25. The van der Waals surface area contributed by atoms with Gasteiger partial charge in [0.15, 0.2) is 0 Å². The molecule has 2 saturated carbocycles. The quantitative estimate of drug-likeness (QED) is 0.376. The summed E-state index contributed by atoms with van der Waals surface area (Å²) in [7, 11) is 0. The Morgan fingerprint density at radius 1 is 1.00 bits per heavy atom. The third-order valence-electron chi connectivity index (χ3n) is 6.17. The second-order valence-corrected chi connectivity index (χ2v) is 8.19. The van der Waals surface area contributed by atoms with Crippen LogP contribution in [-0.4, -0.2) is 49.5 Å². The number of aliphatic hydroxyl groups is 1. The van der Waals surface area contributed by atoms with Gasteiger partial charge in [-0.15, -0.1) is 0 Å². The van der Waals surface area contributed by atoms with Crippen LogP contribution in [0.4, 0.5) is 0 Å². The van der Waals surface area contributed by atoms with Crippen LogP contribution in [0, 0.1) is 23.7 Å². The zero-order valence-corrected chi connectivity index (χ0v) is 17.0. The van der Waals surface area contributed by atoms with Gasteiger partial charge >= 0.3 is 11.9 Å². The summed E-state index contributed by atoms with van der Waals surface area (Å²) >= 11 is 0. The van der Waals surface area contributed by atoms with Crippen molar-refractivity contribution in [1.82, 2.24) is 5.32 Å². The highest BCUT2D eigenvalue weighted by molar-refractivity contribution is 5.82. The molecule has 0 aliphatic heterocycles. The van der Waals surface area contributed by atoms with Crippen molar-refractivity contribution in [2.24, 2.45) is 23.7 Å². The number of unbranched alkanes of at least 4 members (excludes halogenated alkanes) is 2. The molecule has 2 aliphatic carbocycles. The topological polar surface area (TPSA) is 84.9 Å². The van der Waals surface area contributed by atoms with Crippen molar-refractivity contribution >= 4 is 11.9 Å². The van der Waals surface area contributed by atoms with E-state index in [1.54, 1.807) is 0 Å². The fraction of sp³-hybridized carbons (Fsp3) is 0.905. The van der Waals surface area contributed by atoms with E-state index in [1.165, 1.54) is 6.42 Å². The number of carbonyl (C=O) groups is 2. The molecule has 2 rings (SSSR count). The first kappa shape index (κ1) is 22.2. The van der Waals surface area contributed by atoms with Crippen LogP contribution in [0.3, 0.4) is 0 Å². The Bertz CT molecular complexity index is 469. The Labute approximate surface area is 163 Å². The van der Waals surface area contributed by atoms with Crippen LogP contribution >= 0.6 is 0 Å². The molecule has 0 aromatic carbocycles. The lowest BCUT2D eigenvalue weighted by molar-refractivity contribution is -0.153. The van der Waals surface area contributed by atoms with E-state index in [0.717, 1.165) is 45.1 Å². The molecule has 0 saturated heterocycles. The number of hydrogen-bond donors (Lipinski definition) is 2.